The lowest BCUT2D eigenvalue weighted by Gasteiger charge is -2.27. The maximum absolute atomic E-state index is 16.0. The van der Waals surface area contributed by atoms with E-state index in [1.54, 1.807) is 36.7 Å². The van der Waals surface area contributed by atoms with Gasteiger partial charge in [-0.1, -0.05) is 30.7 Å². The van der Waals surface area contributed by atoms with Crippen LogP contribution in [0.3, 0.4) is 0 Å². The van der Waals surface area contributed by atoms with Crippen molar-refractivity contribution in [3.05, 3.63) is 64.2 Å². The number of nitrogens with zero attached hydrogens (tertiary/aromatic N) is 3. The van der Waals surface area contributed by atoms with E-state index in [1.807, 2.05) is 13.8 Å². The van der Waals surface area contributed by atoms with Gasteiger partial charge >= 0.3 is 0 Å². The third-order valence-corrected chi connectivity index (χ3v) is 8.14. The van der Waals surface area contributed by atoms with E-state index >= 15 is 4.39 Å². The van der Waals surface area contributed by atoms with Gasteiger partial charge in [-0.2, -0.15) is 5.26 Å². The summed E-state index contributed by atoms with van der Waals surface area (Å²) in [7, 11) is 0. The molecule has 0 bridgehead atoms. The predicted molar refractivity (Wildman–Crippen MR) is 133 cm³/mol. The summed E-state index contributed by atoms with van der Waals surface area (Å²) in [5.74, 6) is -0.0942. The molecule has 0 saturated heterocycles. The van der Waals surface area contributed by atoms with Gasteiger partial charge in [-0.05, 0) is 49.4 Å². The van der Waals surface area contributed by atoms with E-state index < -0.39 is 11.2 Å². The van der Waals surface area contributed by atoms with Gasteiger partial charge in [-0.15, -0.1) is 0 Å². The van der Waals surface area contributed by atoms with Gasteiger partial charge in [0, 0.05) is 52.0 Å². The van der Waals surface area contributed by atoms with E-state index in [0.717, 1.165) is 23.1 Å². The minimum Gasteiger partial charge on any atom is -0.369 e. The number of amides is 1. The van der Waals surface area contributed by atoms with E-state index in [2.05, 4.69) is 21.4 Å². The van der Waals surface area contributed by atoms with Gasteiger partial charge in [-0.25, -0.2) is 9.37 Å². The Morgan fingerprint density at radius 3 is 2.74 bits per heavy atom. The number of nitrogens with one attached hydrogen (secondary N) is 1. The van der Waals surface area contributed by atoms with Gasteiger partial charge in [0.15, 0.2) is 0 Å². The van der Waals surface area contributed by atoms with Crippen LogP contribution in [0.5, 0.6) is 0 Å². The highest BCUT2D eigenvalue weighted by Crippen LogP contribution is 2.57. The van der Waals surface area contributed by atoms with Gasteiger partial charge in [0.25, 0.3) is 0 Å². The molecule has 1 spiro atoms. The SMILES string of the molecule is Cc1c(CC#N)ccnc1-c1cccc(-c2cnc3c(c2Cl)[C@@]2(CC[C@@](C)(C(N)=O)C2)CN3)c1F. The largest absolute Gasteiger partial charge is 0.369 e. The normalized spacial score (nSPS) is 22.6. The first-order valence-electron chi connectivity index (χ1n) is 11.5. The number of carbonyl (C=O) groups is 1. The first-order valence-corrected chi connectivity index (χ1v) is 11.9. The Balaban J connectivity index is 1.62. The maximum Gasteiger partial charge on any atom is 0.223 e. The van der Waals surface area contributed by atoms with E-state index in [-0.39, 0.29) is 17.7 Å². The molecule has 0 unspecified atom stereocenters. The third-order valence-electron chi connectivity index (χ3n) is 7.75. The zero-order valence-corrected chi connectivity index (χ0v) is 20.3. The zero-order chi connectivity index (χ0) is 25.0. The molecule has 3 heterocycles. The number of nitrogens with two attached hydrogens (primary N) is 1. The van der Waals surface area contributed by atoms with Crippen molar-refractivity contribution >= 4 is 23.3 Å². The average Bonchev–Trinajstić information content (AvgIpc) is 3.37. The molecule has 1 aromatic carbocycles. The molecular formula is C27H25ClFN5O. The Morgan fingerprint density at radius 1 is 1.26 bits per heavy atom. The molecule has 1 aliphatic heterocycles. The molecule has 1 fully saturated rings. The topological polar surface area (TPSA) is 105 Å². The minimum atomic E-state index is -0.620. The molecule has 0 radical (unpaired) electrons. The van der Waals surface area contributed by atoms with Gasteiger partial charge in [0.1, 0.15) is 11.6 Å². The Kier molecular flexibility index (Phi) is 5.52. The highest BCUT2D eigenvalue weighted by Gasteiger charge is 2.53. The number of benzene rings is 1. The predicted octanol–water partition coefficient (Wildman–Crippen LogP) is 5.32. The Labute approximate surface area is 208 Å². The highest BCUT2D eigenvalue weighted by molar-refractivity contribution is 6.34. The van der Waals surface area contributed by atoms with Crippen LogP contribution in [0.1, 0.15) is 42.9 Å². The number of nitriles is 1. The van der Waals surface area contributed by atoms with Crippen molar-refractivity contribution in [1.29, 1.82) is 5.26 Å². The second kappa shape index (κ2) is 8.31. The van der Waals surface area contributed by atoms with Crippen LogP contribution in [0, 0.1) is 29.5 Å². The van der Waals surface area contributed by atoms with Crippen LogP contribution in [0.2, 0.25) is 5.02 Å². The summed E-state index contributed by atoms with van der Waals surface area (Å²) < 4.78 is 16.0. The zero-order valence-electron chi connectivity index (χ0n) is 19.6. The van der Waals surface area contributed by atoms with Crippen LogP contribution in [0.25, 0.3) is 22.4 Å². The van der Waals surface area contributed by atoms with Crippen LogP contribution < -0.4 is 11.1 Å². The van der Waals surface area contributed by atoms with Gasteiger partial charge in [0.2, 0.25) is 5.91 Å². The number of carbonyl (C=O) groups excluding carboxylic acids is 1. The molecule has 2 aliphatic rings. The first-order chi connectivity index (χ1) is 16.7. The smallest absolute Gasteiger partial charge is 0.223 e. The second-order valence-electron chi connectivity index (χ2n) is 9.89. The van der Waals surface area contributed by atoms with Crippen LogP contribution in [-0.4, -0.2) is 22.4 Å². The summed E-state index contributed by atoms with van der Waals surface area (Å²) in [6, 6.07) is 9.04. The number of primary amides is 1. The fourth-order valence-corrected chi connectivity index (χ4v) is 6.14. The van der Waals surface area contributed by atoms with E-state index in [1.165, 1.54) is 0 Å². The third kappa shape index (κ3) is 3.55. The number of fused-ring (bicyclic) bond motifs is 2. The summed E-state index contributed by atoms with van der Waals surface area (Å²) in [6.45, 7) is 4.35. The molecular weight excluding hydrogens is 465 g/mol. The van der Waals surface area contributed by atoms with Gasteiger partial charge in [-0.3, -0.25) is 9.78 Å². The summed E-state index contributed by atoms with van der Waals surface area (Å²) >= 11 is 6.98. The molecule has 2 atom stereocenters. The lowest BCUT2D eigenvalue weighted by molar-refractivity contribution is -0.126. The molecule has 6 nitrogen and oxygen atoms in total. The molecule has 3 aromatic rings. The number of halogens is 2. The van der Waals surface area contributed by atoms with E-state index in [4.69, 9.17) is 22.6 Å². The summed E-state index contributed by atoms with van der Waals surface area (Å²) in [5.41, 5.74) is 8.78. The van der Waals surface area contributed by atoms with Crippen molar-refractivity contribution in [3.63, 3.8) is 0 Å². The lowest BCUT2D eigenvalue weighted by atomic mass is 9.76. The Morgan fingerprint density at radius 2 is 2.03 bits per heavy atom. The summed E-state index contributed by atoms with van der Waals surface area (Å²) in [4.78, 5) is 21.1. The van der Waals surface area contributed by atoms with Crippen LogP contribution >= 0.6 is 11.6 Å². The quantitative estimate of drug-likeness (QED) is 0.516. The summed E-state index contributed by atoms with van der Waals surface area (Å²) in [6.07, 6.45) is 5.38. The minimum absolute atomic E-state index is 0.225. The van der Waals surface area contributed by atoms with Crippen LogP contribution in [-0.2, 0) is 16.6 Å². The van der Waals surface area contributed by atoms with Crippen molar-refractivity contribution in [2.45, 2.75) is 44.9 Å². The first kappa shape index (κ1) is 23.3. The molecule has 5 rings (SSSR count). The highest BCUT2D eigenvalue weighted by atomic mass is 35.5. The monoisotopic (exact) mass is 489 g/mol. The fourth-order valence-electron chi connectivity index (χ4n) is 5.70. The van der Waals surface area contributed by atoms with Gasteiger partial charge in [0.05, 0.1) is 23.2 Å². The van der Waals surface area contributed by atoms with Crippen LogP contribution in [0.4, 0.5) is 10.2 Å². The number of anilines is 1. The van der Waals surface area contributed by atoms with Crippen molar-refractivity contribution in [2.24, 2.45) is 11.1 Å². The molecule has 2 aromatic heterocycles. The molecule has 178 valence electrons. The summed E-state index contributed by atoms with van der Waals surface area (Å²) in [5, 5.41) is 12.9. The van der Waals surface area contributed by atoms with Crippen LogP contribution in [0.15, 0.2) is 36.7 Å². The average molecular weight is 490 g/mol. The van der Waals surface area contributed by atoms with Crippen molar-refractivity contribution in [3.8, 4) is 28.5 Å². The molecule has 8 heteroatoms. The molecule has 1 amide bonds. The number of hydrogen-bond acceptors (Lipinski definition) is 5. The van der Waals surface area contributed by atoms with Crippen molar-refractivity contribution in [2.75, 3.05) is 11.9 Å². The maximum atomic E-state index is 16.0. The van der Waals surface area contributed by atoms with E-state index in [9.17, 15) is 4.79 Å². The van der Waals surface area contributed by atoms with Crippen molar-refractivity contribution in [1.82, 2.24) is 9.97 Å². The Hall–Kier alpha value is -3.50. The fraction of sp³-hybridized carbons (Fsp3) is 0.333. The van der Waals surface area contributed by atoms with E-state index in [0.29, 0.717) is 52.6 Å². The lowest BCUT2D eigenvalue weighted by Crippen LogP contribution is -2.35. The number of aromatic nitrogens is 2. The second-order valence-corrected chi connectivity index (χ2v) is 10.3. The molecule has 1 aliphatic carbocycles. The molecule has 3 N–H and O–H groups in total. The van der Waals surface area contributed by atoms with Gasteiger partial charge < -0.3 is 11.1 Å². The standard InChI is InChI=1S/C27H25ClFN5O/c1-15-16(6-10-30)7-11-32-23(15)18-5-3-4-17(22(18)29)19-12-33-24-20(21(19)28)27(14-34-24)9-8-26(2,13-27)25(31)35/h3-5,7,11-12H,6,8-9,13-14H2,1-2H3,(H2,31,35)(H,33,34)/t26-,27-/m1/s1. The number of hydrogen-bond donors (Lipinski definition) is 2. The molecule has 35 heavy (non-hydrogen) atoms. The molecule has 1 saturated carbocycles. The number of pyridine rings is 2. The van der Waals surface area contributed by atoms with Crippen molar-refractivity contribution < 1.29 is 9.18 Å². The number of rotatable bonds is 4. The Bertz CT molecular complexity index is 1420.